The van der Waals surface area contributed by atoms with Crippen molar-refractivity contribution in [3.05, 3.63) is 0 Å². The predicted molar refractivity (Wildman–Crippen MR) is 114 cm³/mol. The summed E-state index contributed by atoms with van der Waals surface area (Å²) in [5.41, 5.74) is -1.36. The molecule has 8 nitrogen and oxygen atoms in total. The molecule has 2 atom stereocenters. The number of carboxylic acids is 1. The number of hydrogen-bond donors (Lipinski definition) is 3. The lowest BCUT2D eigenvalue weighted by Crippen LogP contribution is -2.48. The van der Waals surface area contributed by atoms with Gasteiger partial charge < -0.3 is 25.2 Å². The van der Waals surface area contributed by atoms with E-state index >= 15 is 0 Å². The lowest BCUT2D eigenvalue weighted by molar-refractivity contribution is -0.145. The van der Waals surface area contributed by atoms with E-state index in [1.165, 1.54) is 0 Å². The molecule has 0 aromatic rings. The third-order valence-electron chi connectivity index (χ3n) is 5.34. The number of carbonyl (C=O) groups is 3. The Kier molecular flexibility index (Phi) is 8.99. The number of hydrogen-bond acceptors (Lipinski definition) is 5. The van der Waals surface area contributed by atoms with Crippen LogP contribution in [0.1, 0.15) is 87.0 Å². The lowest BCUT2D eigenvalue weighted by Gasteiger charge is -2.45. The number of carboxylic acid groups (broad SMARTS) is 1. The highest BCUT2D eigenvalue weighted by Crippen LogP contribution is 2.49. The Bertz CT molecular complexity index is 602. The minimum Gasteiger partial charge on any atom is -0.481 e. The zero-order chi connectivity index (χ0) is 23.2. The van der Waals surface area contributed by atoms with Crippen LogP contribution in [0.25, 0.3) is 0 Å². The van der Waals surface area contributed by atoms with Crippen LogP contribution in [0.5, 0.6) is 0 Å². The minimum atomic E-state index is -0.927. The molecule has 0 saturated heterocycles. The molecule has 0 aromatic heterocycles. The van der Waals surface area contributed by atoms with Gasteiger partial charge in [-0.25, -0.2) is 9.59 Å². The summed E-state index contributed by atoms with van der Waals surface area (Å²) >= 11 is 0. The van der Waals surface area contributed by atoms with Gasteiger partial charge in [0.25, 0.3) is 0 Å². The summed E-state index contributed by atoms with van der Waals surface area (Å²) < 4.78 is 10.6. The molecular weight excluding hydrogens is 388 g/mol. The Hall–Kier alpha value is -1.99. The number of nitrogens with one attached hydrogen (secondary N) is 2. The van der Waals surface area contributed by atoms with Crippen LogP contribution in [-0.2, 0) is 14.3 Å². The molecule has 0 aliphatic heterocycles. The van der Waals surface area contributed by atoms with E-state index in [1.807, 2.05) is 6.92 Å². The van der Waals surface area contributed by atoms with Crippen LogP contribution < -0.4 is 10.6 Å². The van der Waals surface area contributed by atoms with Gasteiger partial charge in [0.15, 0.2) is 0 Å². The lowest BCUT2D eigenvalue weighted by atomic mass is 9.61. The highest BCUT2D eigenvalue weighted by Gasteiger charge is 2.43. The molecule has 1 unspecified atom stereocenters. The second-order valence-electron chi connectivity index (χ2n) is 10.3. The molecule has 1 aliphatic carbocycles. The maximum absolute atomic E-state index is 12.2. The Labute approximate surface area is 180 Å². The number of alkyl carbamates (subject to hydrolysis) is 2. The van der Waals surface area contributed by atoms with Crippen molar-refractivity contribution in [2.24, 2.45) is 11.3 Å². The van der Waals surface area contributed by atoms with Crippen LogP contribution in [0.4, 0.5) is 9.59 Å². The number of amides is 2. The van der Waals surface area contributed by atoms with Crippen molar-refractivity contribution in [2.45, 2.75) is 104 Å². The molecule has 174 valence electrons. The molecule has 1 aliphatic rings. The van der Waals surface area contributed by atoms with Gasteiger partial charge in [-0.1, -0.05) is 13.3 Å². The van der Waals surface area contributed by atoms with Crippen molar-refractivity contribution in [1.82, 2.24) is 10.6 Å². The van der Waals surface area contributed by atoms with Crippen LogP contribution in [0, 0.1) is 11.3 Å². The third kappa shape index (κ3) is 9.22. The molecule has 30 heavy (non-hydrogen) atoms. The van der Waals surface area contributed by atoms with E-state index in [4.69, 9.17) is 9.47 Å². The van der Waals surface area contributed by atoms with Crippen LogP contribution in [0.3, 0.4) is 0 Å². The molecule has 8 heteroatoms. The summed E-state index contributed by atoms with van der Waals surface area (Å²) in [4.78, 5) is 36.1. The predicted octanol–water partition coefficient (Wildman–Crippen LogP) is 4.47. The fourth-order valence-electron chi connectivity index (χ4n) is 3.79. The Morgan fingerprint density at radius 2 is 1.53 bits per heavy atom. The summed E-state index contributed by atoms with van der Waals surface area (Å²) in [6, 6.07) is -0.520. The van der Waals surface area contributed by atoms with Gasteiger partial charge in [0.05, 0.1) is 5.92 Å². The smallest absolute Gasteiger partial charge is 0.407 e. The molecular formula is C22H40N2O6. The Balaban J connectivity index is 2.72. The quantitative estimate of drug-likeness (QED) is 0.499. The zero-order valence-electron chi connectivity index (χ0n) is 19.6. The van der Waals surface area contributed by atoms with Gasteiger partial charge in [-0.2, -0.15) is 0 Å². The fraction of sp³-hybridized carbons (Fsp3) is 0.864. The maximum atomic E-state index is 12.2. The molecule has 1 rings (SSSR count). The first kappa shape index (κ1) is 26.0. The molecule has 1 fully saturated rings. The van der Waals surface area contributed by atoms with Crippen LogP contribution in [0.2, 0.25) is 0 Å². The van der Waals surface area contributed by atoms with Crippen LogP contribution >= 0.6 is 0 Å². The fourth-order valence-corrected chi connectivity index (χ4v) is 3.79. The van der Waals surface area contributed by atoms with Crippen molar-refractivity contribution in [1.29, 1.82) is 0 Å². The zero-order valence-corrected chi connectivity index (χ0v) is 19.6. The molecule has 3 N–H and O–H groups in total. The summed E-state index contributed by atoms with van der Waals surface area (Å²) in [7, 11) is 0. The van der Waals surface area contributed by atoms with E-state index in [9.17, 15) is 19.5 Å². The van der Waals surface area contributed by atoms with E-state index in [-0.39, 0.29) is 5.41 Å². The highest BCUT2D eigenvalue weighted by atomic mass is 16.6. The van der Waals surface area contributed by atoms with Gasteiger partial charge in [-0.15, -0.1) is 0 Å². The van der Waals surface area contributed by atoms with E-state index in [0.29, 0.717) is 25.8 Å². The molecule has 0 heterocycles. The standard InChI is InChI=1S/C22H40N2O6/c1-8-16(24-19(28)30-21(5,6)7)15(17(25)26)14-22(10-9-11-22)12-13-23-18(27)29-20(2,3)4/h15-16H,8-14H2,1-7H3,(H,23,27)(H,24,28)(H,25,26)/t15?,16-/m1/s1. The molecule has 0 radical (unpaired) electrons. The van der Waals surface area contributed by atoms with Crippen molar-refractivity contribution in [3.8, 4) is 0 Å². The molecule has 0 bridgehead atoms. The van der Waals surface area contributed by atoms with Gasteiger partial charge in [-0.3, -0.25) is 4.79 Å². The molecule has 1 saturated carbocycles. The number of aliphatic carboxylic acids is 1. The first-order valence-electron chi connectivity index (χ1n) is 10.9. The van der Waals surface area contributed by atoms with E-state index in [2.05, 4.69) is 10.6 Å². The topological polar surface area (TPSA) is 114 Å². The summed E-state index contributed by atoms with van der Waals surface area (Å²) in [5.74, 6) is -1.64. The minimum absolute atomic E-state index is 0.152. The van der Waals surface area contributed by atoms with Crippen molar-refractivity contribution in [3.63, 3.8) is 0 Å². The van der Waals surface area contributed by atoms with Crippen LogP contribution in [0.15, 0.2) is 0 Å². The summed E-state index contributed by atoms with van der Waals surface area (Å²) in [5, 5.41) is 15.4. The van der Waals surface area contributed by atoms with Gasteiger partial charge in [0, 0.05) is 12.6 Å². The van der Waals surface area contributed by atoms with Crippen molar-refractivity contribution < 1.29 is 29.0 Å². The monoisotopic (exact) mass is 428 g/mol. The van der Waals surface area contributed by atoms with Crippen molar-refractivity contribution >= 4 is 18.2 Å². The van der Waals surface area contributed by atoms with Gasteiger partial charge in [0.1, 0.15) is 11.2 Å². The van der Waals surface area contributed by atoms with E-state index in [0.717, 1.165) is 19.3 Å². The Morgan fingerprint density at radius 3 is 1.93 bits per heavy atom. The Morgan fingerprint density at radius 1 is 1.00 bits per heavy atom. The number of carbonyl (C=O) groups excluding carboxylic acids is 2. The van der Waals surface area contributed by atoms with Gasteiger partial charge in [0.2, 0.25) is 0 Å². The van der Waals surface area contributed by atoms with E-state index < -0.39 is 41.3 Å². The summed E-state index contributed by atoms with van der Waals surface area (Å²) in [6.45, 7) is 13.0. The third-order valence-corrected chi connectivity index (χ3v) is 5.34. The first-order chi connectivity index (χ1) is 13.7. The second-order valence-corrected chi connectivity index (χ2v) is 10.3. The van der Waals surface area contributed by atoms with E-state index in [1.54, 1.807) is 41.5 Å². The maximum Gasteiger partial charge on any atom is 0.407 e. The summed E-state index contributed by atoms with van der Waals surface area (Å²) in [6.07, 6.45) is 3.41. The number of rotatable bonds is 9. The van der Waals surface area contributed by atoms with Crippen LogP contribution in [-0.4, -0.2) is 47.1 Å². The molecule has 0 spiro atoms. The second kappa shape index (κ2) is 10.4. The van der Waals surface area contributed by atoms with Gasteiger partial charge >= 0.3 is 18.2 Å². The molecule has 2 amide bonds. The largest absolute Gasteiger partial charge is 0.481 e. The number of ether oxygens (including phenoxy) is 2. The average Bonchev–Trinajstić information content (AvgIpc) is 2.51. The SMILES string of the molecule is CC[C@@H](NC(=O)OC(C)(C)C)C(CC1(CCNC(=O)OC(C)(C)C)CCC1)C(=O)O. The van der Waals surface area contributed by atoms with Crippen molar-refractivity contribution in [2.75, 3.05) is 6.54 Å². The average molecular weight is 429 g/mol. The van der Waals surface area contributed by atoms with Gasteiger partial charge in [-0.05, 0) is 79.1 Å². The first-order valence-corrected chi connectivity index (χ1v) is 10.9. The normalized spacial score (nSPS) is 17.8. The molecule has 0 aromatic carbocycles. The highest BCUT2D eigenvalue weighted by molar-refractivity contribution is 5.73.